The van der Waals surface area contributed by atoms with E-state index in [1.54, 1.807) is 12.3 Å². The summed E-state index contributed by atoms with van der Waals surface area (Å²) in [6.45, 7) is 6.05. The lowest BCUT2D eigenvalue weighted by Crippen LogP contribution is -2.23. The van der Waals surface area contributed by atoms with E-state index < -0.39 is 11.9 Å². The molecule has 4 nitrogen and oxygen atoms in total. The van der Waals surface area contributed by atoms with E-state index in [-0.39, 0.29) is 17.5 Å². The van der Waals surface area contributed by atoms with Crippen molar-refractivity contribution in [3.63, 3.8) is 0 Å². The highest BCUT2D eigenvalue weighted by Crippen LogP contribution is 2.28. The highest BCUT2D eigenvalue weighted by atomic mass is 19.4. The van der Waals surface area contributed by atoms with Crippen molar-refractivity contribution in [2.75, 3.05) is 0 Å². The van der Waals surface area contributed by atoms with Gasteiger partial charge in [-0.3, -0.25) is 9.48 Å². The Morgan fingerprint density at radius 1 is 1.18 bits per heavy atom. The zero-order chi connectivity index (χ0) is 16.7. The summed E-state index contributed by atoms with van der Waals surface area (Å²) in [5.41, 5.74) is -0.113. The maximum atomic E-state index is 12.7. The monoisotopic (exact) mass is 313 g/mol. The van der Waals surface area contributed by atoms with Gasteiger partial charge in [0, 0.05) is 19.3 Å². The summed E-state index contributed by atoms with van der Waals surface area (Å²) in [7, 11) is 1.43. The number of aryl methyl sites for hydroxylation is 1. The molecule has 0 atom stereocenters. The number of halogens is 3. The molecule has 120 valence electrons. The van der Waals surface area contributed by atoms with E-state index in [0.717, 1.165) is 16.3 Å². The maximum Gasteiger partial charge on any atom is 0.435 e. The van der Waals surface area contributed by atoms with E-state index in [1.807, 2.05) is 20.8 Å². The average molecular weight is 313 g/mol. The minimum Gasteiger partial charge on any atom is -0.309 e. The summed E-state index contributed by atoms with van der Waals surface area (Å²) in [5.74, 6) is 0. The molecule has 2 heterocycles. The second-order valence-electron chi connectivity index (χ2n) is 6.28. The van der Waals surface area contributed by atoms with Crippen molar-refractivity contribution in [2.24, 2.45) is 7.05 Å². The van der Waals surface area contributed by atoms with Gasteiger partial charge in [-0.1, -0.05) is 26.8 Å². The number of rotatable bonds is 2. The quantitative estimate of drug-likeness (QED) is 0.855. The van der Waals surface area contributed by atoms with Gasteiger partial charge in [-0.2, -0.15) is 18.3 Å². The topological polar surface area (TPSA) is 39.8 Å². The molecule has 0 saturated carbocycles. The second kappa shape index (κ2) is 5.30. The van der Waals surface area contributed by atoms with Gasteiger partial charge in [0.15, 0.2) is 5.69 Å². The molecule has 2 aromatic heterocycles. The molecule has 0 radical (unpaired) electrons. The van der Waals surface area contributed by atoms with Crippen LogP contribution in [0.2, 0.25) is 0 Å². The summed E-state index contributed by atoms with van der Waals surface area (Å²) in [4.78, 5) is 11.9. The Labute approximate surface area is 126 Å². The smallest absolute Gasteiger partial charge is 0.309 e. The Kier molecular flexibility index (Phi) is 3.93. The second-order valence-corrected chi connectivity index (χ2v) is 6.28. The van der Waals surface area contributed by atoms with E-state index in [2.05, 4.69) is 5.10 Å². The zero-order valence-corrected chi connectivity index (χ0v) is 12.9. The molecule has 0 aliphatic carbocycles. The Hall–Kier alpha value is -2.05. The first kappa shape index (κ1) is 16.3. The fraction of sp³-hybridized carbons (Fsp3) is 0.467. The molecule has 2 aromatic rings. The van der Waals surface area contributed by atoms with Crippen molar-refractivity contribution < 1.29 is 13.2 Å². The Bertz CT molecular complexity index is 736. The van der Waals surface area contributed by atoms with Crippen LogP contribution in [-0.4, -0.2) is 14.3 Å². The van der Waals surface area contributed by atoms with Crippen LogP contribution in [-0.2, 0) is 25.2 Å². The minimum absolute atomic E-state index is 0.0440. The van der Waals surface area contributed by atoms with Gasteiger partial charge in [0.05, 0.1) is 12.2 Å². The average Bonchev–Trinajstić information content (AvgIpc) is 2.72. The lowest BCUT2D eigenvalue weighted by molar-refractivity contribution is -0.141. The Balaban J connectivity index is 2.39. The normalized spacial score (nSPS) is 12.7. The molecule has 0 N–H and O–H groups in total. The highest BCUT2D eigenvalue weighted by Gasteiger charge is 2.34. The van der Waals surface area contributed by atoms with Crippen LogP contribution in [0.5, 0.6) is 0 Å². The molecule has 7 heteroatoms. The Morgan fingerprint density at radius 2 is 1.82 bits per heavy atom. The lowest BCUT2D eigenvalue weighted by Gasteiger charge is -2.20. The van der Waals surface area contributed by atoms with E-state index in [9.17, 15) is 18.0 Å². The van der Waals surface area contributed by atoms with Crippen LogP contribution in [0.3, 0.4) is 0 Å². The first-order chi connectivity index (χ1) is 9.98. The number of hydrogen-bond acceptors (Lipinski definition) is 2. The molecule has 0 unspecified atom stereocenters. The van der Waals surface area contributed by atoms with Crippen LogP contribution in [0.1, 0.15) is 37.7 Å². The van der Waals surface area contributed by atoms with Gasteiger partial charge in [-0.25, -0.2) is 0 Å². The molecule has 0 saturated heterocycles. The SMILES string of the molecule is Cn1nc(C(F)(F)F)cc1Cn1cc(C(C)(C)C)ccc1=O. The highest BCUT2D eigenvalue weighted by molar-refractivity contribution is 5.20. The minimum atomic E-state index is -4.49. The maximum absolute atomic E-state index is 12.7. The summed E-state index contributed by atoms with van der Waals surface area (Å²) in [6, 6.07) is 4.14. The van der Waals surface area contributed by atoms with Gasteiger partial charge in [-0.05, 0) is 17.0 Å². The molecule has 0 aromatic carbocycles. The summed E-state index contributed by atoms with van der Waals surface area (Å²) in [5, 5.41) is 3.46. The van der Waals surface area contributed by atoms with Crippen molar-refractivity contribution in [1.82, 2.24) is 14.3 Å². The van der Waals surface area contributed by atoms with Gasteiger partial charge < -0.3 is 4.57 Å². The molecule has 0 aliphatic heterocycles. The summed E-state index contributed by atoms with van der Waals surface area (Å²) >= 11 is 0. The molecular formula is C15H18F3N3O. The van der Waals surface area contributed by atoms with E-state index in [4.69, 9.17) is 0 Å². The van der Waals surface area contributed by atoms with Crippen LogP contribution >= 0.6 is 0 Å². The van der Waals surface area contributed by atoms with Crippen LogP contribution in [0.15, 0.2) is 29.2 Å². The van der Waals surface area contributed by atoms with Gasteiger partial charge in [-0.15, -0.1) is 0 Å². The molecule has 0 fully saturated rings. The van der Waals surface area contributed by atoms with Crippen LogP contribution in [0, 0.1) is 0 Å². The van der Waals surface area contributed by atoms with Crippen molar-refractivity contribution in [2.45, 2.75) is 38.9 Å². The number of nitrogens with zero attached hydrogens (tertiary/aromatic N) is 3. The third-order valence-corrected chi connectivity index (χ3v) is 3.45. The third-order valence-electron chi connectivity index (χ3n) is 3.45. The standard InChI is InChI=1S/C15H18F3N3O/c1-14(2,3)10-5-6-13(22)21(8-10)9-11-7-12(15(16,17)18)19-20(11)4/h5-8H,9H2,1-4H3. The molecule has 0 aliphatic rings. The predicted octanol–water partition coefficient (Wildman–Crippen LogP) is 2.95. The zero-order valence-electron chi connectivity index (χ0n) is 12.9. The van der Waals surface area contributed by atoms with Crippen LogP contribution in [0.4, 0.5) is 13.2 Å². The number of hydrogen-bond donors (Lipinski definition) is 0. The van der Waals surface area contributed by atoms with Crippen molar-refractivity contribution >= 4 is 0 Å². The van der Waals surface area contributed by atoms with Gasteiger partial charge >= 0.3 is 6.18 Å². The van der Waals surface area contributed by atoms with E-state index in [1.165, 1.54) is 17.7 Å². The van der Waals surface area contributed by atoms with Gasteiger partial charge in [0.1, 0.15) is 0 Å². The van der Waals surface area contributed by atoms with Crippen molar-refractivity contribution in [3.05, 3.63) is 51.7 Å². The predicted molar refractivity (Wildman–Crippen MR) is 76.7 cm³/mol. The summed E-state index contributed by atoms with van der Waals surface area (Å²) in [6.07, 6.45) is -2.81. The van der Waals surface area contributed by atoms with Gasteiger partial charge in [0.25, 0.3) is 5.56 Å². The molecule has 0 bridgehead atoms. The molecular weight excluding hydrogens is 295 g/mol. The number of pyridine rings is 1. The molecule has 0 spiro atoms. The molecule has 0 amide bonds. The Morgan fingerprint density at radius 3 is 2.32 bits per heavy atom. The van der Waals surface area contributed by atoms with E-state index >= 15 is 0 Å². The third kappa shape index (κ3) is 3.40. The first-order valence-corrected chi connectivity index (χ1v) is 6.79. The van der Waals surface area contributed by atoms with Crippen molar-refractivity contribution in [1.29, 1.82) is 0 Å². The summed E-state index contributed by atoms with van der Waals surface area (Å²) < 4.78 is 40.6. The van der Waals surface area contributed by atoms with E-state index in [0.29, 0.717) is 5.69 Å². The largest absolute Gasteiger partial charge is 0.435 e. The van der Waals surface area contributed by atoms with Crippen molar-refractivity contribution in [3.8, 4) is 0 Å². The fourth-order valence-electron chi connectivity index (χ4n) is 2.07. The van der Waals surface area contributed by atoms with Crippen LogP contribution in [0.25, 0.3) is 0 Å². The fourth-order valence-corrected chi connectivity index (χ4v) is 2.07. The first-order valence-electron chi connectivity index (χ1n) is 6.79. The molecule has 22 heavy (non-hydrogen) atoms. The number of aromatic nitrogens is 3. The van der Waals surface area contributed by atoms with Crippen LogP contribution < -0.4 is 5.56 Å². The molecule has 2 rings (SSSR count). The number of alkyl halides is 3. The van der Waals surface area contributed by atoms with Gasteiger partial charge in [0.2, 0.25) is 0 Å². The lowest BCUT2D eigenvalue weighted by atomic mass is 9.88.